The van der Waals surface area contributed by atoms with Gasteiger partial charge in [0.05, 0.1) is 48.6 Å². The van der Waals surface area contributed by atoms with E-state index in [1.165, 1.54) is 23.0 Å². The van der Waals surface area contributed by atoms with E-state index >= 15 is 0 Å². The van der Waals surface area contributed by atoms with Crippen LogP contribution in [0.5, 0.6) is 11.5 Å². The number of carbonyl (C=O) groups is 2. The Morgan fingerprint density at radius 3 is 2.46 bits per heavy atom. The Kier molecular flexibility index (Phi) is 10.4. The number of fused-ring (bicyclic) bond motifs is 2. The van der Waals surface area contributed by atoms with Gasteiger partial charge in [0.2, 0.25) is 0 Å². The summed E-state index contributed by atoms with van der Waals surface area (Å²) in [5.74, 6) is 0.137. The molecular weight excluding hydrogens is 720 g/mol. The molecule has 0 saturated carbocycles. The van der Waals surface area contributed by atoms with Crippen LogP contribution in [0.1, 0.15) is 49.1 Å². The number of halogens is 1. The van der Waals surface area contributed by atoms with Crippen molar-refractivity contribution in [2.45, 2.75) is 45.9 Å². The normalized spacial score (nSPS) is 14.4. The zero-order valence-corrected chi connectivity index (χ0v) is 30.6. The van der Waals surface area contributed by atoms with Crippen molar-refractivity contribution in [2.75, 3.05) is 14.2 Å². The van der Waals surface area contributed by atoms with Crippen LogP contribution >= 0.6 is 27.3 Å². The SMILES string of the molecule is COC(=O)Cc1ccc([C@H]2C(C(=O)OC(C)C)=C(C)N=c3s/c(=C/c4cc(OC)c(OCc5cccc6ccccc56)cc4Br)c(=O)n32)cc1. The minimum absolute atomic E-state index is 0.0992. The molecule has 6 rings (SSSR count). The Morgan fingerprint density at radius 2 is 1.74 bits per heavy atom. The average molecular weight is 756 g/mol. The minimum atomic E-state index is -0.797. The lowest BCUT2D eigenvalue weighted by molar-refractivity contribution is -0.143. The first kappa shape index (κ1) is 34.8. The molecule has 1 aromatic heterocycles. The first-order valence-corrected chi connectivity index (χ1v) is 17.5. The summed E-state index contributed by atoms with van der Waals surface area (Å²) in [6, 6.07) is 24.3. The van der Waals surface area contributed by atoms with Crippen molar-refractivity contribution in [1.82, 2.24) is 4.57 Å². The number of benzene rings is 4. The zero-order valence-electron chi connectivity index (χ0n) is 28.2. The van der Waals surface area contributed by atoms with Crippen LogP contribution in [0.3, 0.4) is 0 Å². The summed E-state index contributed by atoms with van der Waals surface area (Å²) in [7, 11) is 2.91. The van der Waals surface area contributed by atoms with Gasteiger partial charge in [-0.25, -0.2) is 9.79 Å². The van der Waals surface area contributed by atoms with E-state index in [-0.39, 0.29) is 29.6 Å². The highest BCUT2D eigenvalue weighted by Gasteiger charge is 2.34. The Morgan fingerprint density at radius 1 is 1.00 bits per heavy atom. The predicted molar refractivity (Wildman–Crippen MR) is 196 cm³/mol. The molecule has 0 N–H and O–H groups in total. The van der Waals surface area contributed by atoms with E-state index in [1.54, 1.807) is 58.2 Å². The summed E-state index contributed by atoms with van der Waals surface area (Å²) in [6.07, 6.45) is 1.50. The van der Waals surface area contributed by atoms with Crippen molar-refractivity contribution in [3.05, 3.63) is 137 Å². The Labute approximate surface area is 301 Å². The molecule has 1 aliphatic rings. The predicted octanol–water partition coefficient (Wildman–Crippen LogP) is 6.41. The topological polar surface area (TPSA) is 105 Å². The summed E-state index contributed by atoms with van der Waals surface area (Å²) in [6.45, 7) is 5.62. The molecule has 0 bridgehead atoms. The summed E-state index contributed by atoms with van der Waals surface area (Å²) >= 11 is 4.90. The number of methoxy groups -OCH3 is 2. The largest absolute Gasteiger partial charge is 0.493 e. The number of nitrogens with zero attached hydrogens (tertiary/aromatic N) is 2. The molecule has 0 fully saturated rings. The number of thiazole rings is 1. The molecule has 256 valence electrons. The molecule has 0 spiro atoms. The summed E-state index contributed by atoms with van der Waals surface area (Å²) in [4.78, 5) is 44.7. The van der Waals surface area contributed by atoms with Gasteiger partial charge in [0.25, 0.3) is 5.56 Å². The third kappa shape index (κ3) is 7.15. The lowest BCUT2D eigenvalue weighted by Gasteiger charge is -2.25. The van der Waals surface area contributed by atoms with Crippen LogP contribution in [0.25, 0.3) is 16.8 Å². The van der Waals surface area contributed by atoms with Crippen molar-refractivity contribution in [3.8, 4) is 11.5 Å². The highest BCUT2D eigenvalue weighted by Crippen LogP contribution is 2.35. The van der Waals surface area contributed by atoms with E-state index in [0.29, 0.717) is 48.7 Å². The van der Waals surface area contributed by atoms with Gasteiger partial charge in [0, 0.05) is 4.47 Å². The van der Waals surface area contributed by atoms with E-state index < -0.39 is 12.0 Å². The molecule has 1 atom stereocenters. The number of rotatable bonds is 10. The van der Waals surface area contributed by atoms with Gasteiger partial charge in [0.15, 0.2) is 16.3 Å². The second kappa shape index (κ2) is 14.9. The summed E-state index contributed by atoms with van der Waals surface area (Å²) in [5.41, 5.74) is 3.57. The standard InChI is InChI=1S/C39H35BrN2O7S/c1-22(2)49-38(45)35-23(3)41-39-42(36(35)26-15-13-24(14-16-26)17-34(43)47-5)37(44)33(50-39)19-28-18-31(46-4)32(20-30(28)40)48-21-27-11-8-10-25-9-6-7-12-29(25)27/h6-16,18-20,22,36H,17,21H2,1-5H3/b33-19+/t36-/m0/s1. The monoisotopic (exact) mass is 754 g/mol. The van der Waals surface area contributed by atoms with E-state index in [4.69, 9.17) is 23.9 Å². The fourth-order valence-corrected chi connectivity index (χ4v) is 7.36. The van der Waals surface area contributed by atoms with Crippen LogP contribution in [0.15, 0.2) is 104 Å². The molecule has 0 unspecified atom stereocenters. The van der Waals surface area contributed by atoms with Crippen LogP contribution in [0, 0.1) is 0 Å². The van der Waals surface area contributed by atoms with Gasteiger partial charge in [-0.15, -0.1) is 0 Å². The molecule has 9 nitrogen and oxygen atoms in total. The van der Waals surface area contributed by atoms with Gasteiger partial charge >= 0.3 is 11.9 Å². The molecule has 2 heterocycles. The van der Waals surface area contributed by atoms with Crippen LogP contribution in [-0.2, 0) is 32.1 Å². The molecule has 1 aliphatic heterocycles. The number of hydrogen-bond acceptors (Lipinski definition) is 9. The molecule has 5 aromatic rings. The zero-order chi connectivity index (χ0) is 35.5. The number of allylic oxidation sites excluding steroid dienone is 1. The summed E-state index contributed by atoms with van der Waals surface area (Å²) in [5, 5.41) is 2.25. The van der Waals surface area contributed by atoms with E-state index in [2.05, 4.69) is 34.1 Å². The maximum absolute atomic E-state index is 14.2. The average Bonchev–Trinajstić information content (AvgIpc) is 3.41. The van der Waals surface area contributed by atoms with Crippen LogP contribution < -0.4 is 24.4 Å². The maximum atomic E-state index is 14.2. The van der Waals surface area contributed by atoms with Crippen molar-refractivity contribution in [3.63, 3.8) is 0 Å². The maximum Gasteiger partial charge on any atom is 0.338 e. The van der Waals surface area contributed by atoms with Gasteiger partial charge in [0.1, 0.15) is 6.61 Å². The van der Waals surface area contributed by atoms with E-state index in [9.17, 15) is 14.4 Å². The van der Waals surface area contributed by atoms with Crippen molar-refractivity contribution < 1.29 is 28.5 Å². The molecular formula is C39H35BrN2O7S. The molecule has 11 heteroatoms. The highest BCUT2D eigenvalue weighted by molar-refractivity contribution is 9.10. The number of esters is 2. The van der Waals surface area contributed by atoms with Crippen molar-refractivity contribution in [2.24, 2.45) is 4.99 Å². The Balaban J connectivity index is 1.38. The van der Waals surface area contributed by atoms with Gasteiger partial charge < -0.3 is 18.9 Å². The second-order valence-corrected chi connectivity index (χ2v) is 13.8. The minimum Gasteiger partial charge on any atom is -0.493 e. The fraction of sp³-hybridized carbons (Fsp3) is 0.231. The summed E-state index contributed by atoms with van der Waals surface area (Å²) < 4.78 is 25.0. The third-order valence-electron chi connectivity index (χ3n) is 8.29. The smallest absolute Gasteiger partial charge is 0.338 e. The van der Waals surface area contributed by atoms with Gasteiger partial charge in [-0.2, -0.15) is 0 Å². The van der Waals surface area contributed by atoms with Crippen molar-refractivity contribution >= 4 is 56.1 Å². The number of carbonyl (C=O) groups excluding carboxylic acids is 2. The molecule has 0 radical (unpaired) electrons. The van der Waals surface area contributed by atoms with E-state index in [1.807, 2.05) is 36.4 Å². The lowest BCUT2D eigenvalue weighted by Crippen LogP contribution is -2.40. The molecule has 0 aliphatic carbocycles. The number of aromatic nitrogens is 1. The highest BCUT2D eigenvalue weighted by atomic mass is 79.9. The molecule has 4 aromatic carbocycles. The second-order valence-electron chi connectivity index (χ2n) is 12.0. The fourth-order valence-electron chi connectivity index (χ4n) is 5.88. The first-order valence-electron chi connectivity index (χ1n) is 15.9. The molecule has 50 heavy (non-hydrogen) atoms. The van der Waals surface area contributed by atoms with Crippen LogP contribution in [-0.4, -0.2) is 36.8 Å². The third-order valence-corrected chi connectivity index (χ3v) is 9.96. The quantitative estimate of drug-likeness (QED) is 0.152. The Bertz CT molecular complexity index is 2320. The number of ether oxygens (including phenoxy) is 4. The van der Waals surface area contributed by atoms with E-state index in [0.717, 1.165) is 21.9 Å². The van der Waals surface area contributed by atoms with Crippen molar-refractivity contribution in [1.29, 1.82) is 0 Å². The lowest BCUT2D eigenvalue weighted by atomic mass is 9.94. The number of hydrogen-bond donors (Lipinski definition) is 0. The molecule has 0 amide bonds. The van der Waals surface area contributed by atoms with Crippen LogP contribution in [0.2, 0.25) is 0 Å². The first-order chi connectivity index (χ1) is 24.1. The van der Waals surface area contributed by atoms with Gasteiger partial charge in [-0.05, 0) is 72.0 Å². The molecule has 0 saturated heterocycles. The Hall–Kier alpha value is -5.00. The van der Waals surface area contributed by atoms with Gasteiger partial charge in [-0.1, -0.05) is 94.0 Å². The van der Waals surface area contributed by atoms with Crippen LogP contribution in [0.4, 0.5) is 0 Å². The van der Waals surface area contributed by atoms with Gasteiger partial charge in [-0.3, -0.25) is 14.2 Å².